The van der Waals surface area contributed by atoms with E-state index in [1.54, 1.807) is 0 Å². The summed E-state index contributed by atoms with van der Waals surface area (Å²) in [6.45, 7) is 2.21. The Morgan fingerprint density at radius 3 is 2.67 bits per heavy atom. The number of imidazole rings is 1. The van der Waals surface area contributed by atoms with Gasteiger partial charge in [0.2, 0.25) is 0 Å². The summed E-state index contributed by atoms with van der Waals surface area (Å²) in [5, 5.41) is 0. The zero-order chi connectivity index (χ0) is 15.5. The van der Waals surface area contributed by atoms with Crippen molar-refractivity contribution in [1.29, 1.82) is 0 Å². The normalized spacial score (nSPS) is 16.9. The van der Waals surface area contributed by atoms with Crippen molar-refractivity contribution in [1.82, 2.24) is 9.55 Å². The van der Waals surface area contributed by atoms with E-state index in [2.05, 4.69) is 22.8 Å². The maximum Gasteiger partial charge on any atom is 0.139 e. The van der Waals surface area contributed by atoms with Gasteiger partial charge in [0.15, 0.2) is 0 Å². The maximum absolute atomic E-state index is 5.86. The minimum atomic E-state index is 0. The third-order valence-corrected chi connectivity index (χ3v) is 4.23. The van der Waals surface area contributed by atoms with E-state index in [1.807, 2.05) is 36.4 Å². The van der Waals surface area contributed by atoms with Gasteiger partial charge in [0.05, 0.1) is 17.6 Å². The molecule has 126 valence electrons. The van der Waals surface area contributed by atoms with Crippen LogP contribution in [-0.2, 0) is 11.3 Å². The lowest BCUT2D eigenvalue weighted by Crippen LogP contribution is -3.00. The third-order valence-electron chi connectivity index (χ3n) is 4.23. The number of hydrogen-bond acceptors (Lipinski definition) is 3. The van der Waals surface area contributed by atoms with Crippen LogP contribution in [0.4, 0.5) is 0 Å². The van der Waals surface area contributed by atoms with Gasteiger partial charge in [0.25, 0.3) is 0 Å². The number of ether oxygens (including phenoxy) is 2. The quantitative estimate of drug-likeness (QED) is 0.692. The number of hydrogen-bond donors (Lipinski definition) is 0. The SMILES string of the molecule is [Cl-].c1ccc(OCCn2c(C3CCCO3)nc3ccccc32)cc1. The summed E-state index contributed by atoms with van der Waals surface area (Å²) in [6.07, 6.45) is 2.26. The van der Waals surface area contributed by atoms with Crippen molar-refractivity contribution in [3.8, 4) is 5.75 Å². The van der Waals surface area contributed by atoms with Crippen LogP contribution in [0.5, 0.6) is 5.75 Å². The minimum Gasteiger partial charge on any atom is -1.00 e. The standard InChI is InChI=1S/C19H20N2O2.ClH/c1-2-7-15(8-3-1)22-14-12-21-17-10-5-4-9-16(17)20-19(21)18-11-6-13-23-18;/h1-5,7-10,18H,6,11-14H2;1H/p-1. The minimum absolute atomic E-state index is 0. The predicted molar refractivity (Wildman–Crippen MR) is 89.6 cm³/mol. The van der Waals surface area contributed by atoms with E-state index < -0.39 is 0 Å². The van der Waals surface area contributed by atoms with Crippen molar-refractivity contribution in [2.24, 2.45) is 0 Å². The first kappa shape index (κ1) is 16.8. The van der Waals surface area contributed by atoms with E-state index in [1.165, 1.54) is 0 Å². The van der Waals surface area contributed by atoms with Crippen LogP contribution in [0.2, 0.25) is 0 Å². The first-order valence-electron chi connectivity index (χ1n) is 8.16. The number of fused-ring (bicyclic) bond motifs is 1. The van der Waals surface area contributed by atoms with E-state index >= 15 is 0 Å². The fourth-order valence-corrected chi connectivity index (χ4v) is 3.13. The smallest absolute Gasteiger partial charge is 0.139 e. The molecule has 0 spiro atoms. The second kappa shape index (κ2) is 7.69. The second-order valence-electron chi connectivity index (χ2n) is 5.77. The first-order chi connectivity index (χ1) is 11.4. The Balaban J connectivity index is 0.00000169. The van der Waals surface area contributed by atoms with Gasteiger partial charge >= 0.3 is 0 Å². The van der Waals surface area contributed by atoms with Gasteiger partial charge in [-0.05, 0) is 37.1 Å². The molecule has 4 rings (SSSR count). The topological polar surface area (TPSA) is 36.3 Å². The van der Waals surface area contributed by atoms with Gasteiger partial charge in [0.1, 0.15) is 24.3 Å². The highest BCUT2D eigenvalue weighted by molar-refractivity contribution is 5.76. The highest BCUT2D eigenvalue weighted by Crippen LogP contribution is 2.30. The fourth-order valence-electron chi connectivity index (χ4n) is 3.13. The average molecular weight is 344 g/mol. The van der Waals surface area contributed by atoms with Gasteiger partial charge in [-0.15, -0.1) is 0 Å². The van der Waals surface area contributed by atoms with Gasteiger partial charge < -0.3 is 26.4 Å². The summed E-state index contributed by atoms with van der Waals surface area (Å²) in [5.74, 6) is 1.93. The monoisotopic (exact) mass is 343 g/mol. The lowest BCUT2D eigenvalue weighted by molar-refractivity contribution is -0.00000616. The van der Waals surface area contributed by atoms with Crippen molar-refractivity contribution in [3.63, 3.8) is 0 Å². The Morgan fingerprint density at radius 2 is 1.88 bits per heavy atom. The molecule has 0 bridgehead atoms. The second-order valence-corrected chi connectivity index (χ2v) is 5.77. The Kier molecular flexibility index (Phi) is 5.38. The molecular weight excluding hydrogens is 324 g/mol. The molecule has 1 aliphatic heterocycles. The number of rotatable bonds is 5. The number of benzene rings is 2. The lowest BCUT2D eigenvalue weighted by atomic mass is 10.2. The molecule has 0 N–H and O–H groups in total. The summed E-state index contributed by atoms with van der Waals surface area (Å²) < 4.78 is 14.0. The summed E-state index contributed by atoms with van der Waals surface area (Å²) >= 11 is 0. The van der Waals surface area contributed by atoms with Crippen LogP contribution in [0.15, 0.2) is 54.6 Å². The van der Waals surface area contributed by atoms with Crippen LogP contribution in [0.1, 0.15) is 24.8 Å². The highest BCUT2D eigenvalue weighted by Gasteiger charge is 2.24. The van der Waals surface area contributed by atoms with Gasteiger partial charge in [-0.25, -0.2) is 4.98 Å². The summed E-state index contributed by atoms with van der Waals surface area (Å²) in [4.78, 5) is 4.80. The zero-order valence-electron chi connectivity index (χ0n) is 13.4. The van der Waals surface area contributed by atoms with E-state index in [0.717, 1.165) is 48.6 Å². The van der Waals surface area contributed by atoms with Crippen LogP contribution in [0.25, 0.3) is 11.0 Å². The molecule has 1 saturated heterocycles. The van der Waals surface area contributed by atoms with Crippen molar-refractivity contribution >= 4 is 11.0 Å². The van der Waals surface area contributed by atoms with Crippen LogP contribution in [0, 0.1) is 0 Å². The van der Waals surface area contributed by atoms with Crippen LogP contribution >= 0.6 is 0 Å². The molecule has 0 saturated carbocycles. The molecule has 2 heterocycles. The first-order valence-corrected chi connectivity index (χ1v) is 8.16. The van der Waals surface area contributed by atoms with Gasteiger partial charge in [-0.1, -0.05) is 30.3 Å². The van der Waals surface area contributed by atoms with Crippen molar-refractivity contribution in [3.05, 3.63) is 60.4 Å². The molecule has 1 aromatic heterocycles. The number of halogens is 1. The predicted octanol–water partition coefficient (Wildman–Crippen LogP) is 0.971. The molecule has 3 aromatic rings. The van der Waals surface area contributed by atoms with Gasteiger partial charge in [-0.2, -0.15) is 0 Å². The molecule has 1 atom stereocenters. The molecule has 0 aliphatic carbocycles. The molecule has 2 aromatic carbocycles. The molecule has 5 heteroatoms. The number of para-hydroxylation sites is 3. The van der Waals surface area contributed by atoms with Gasteiger partial charge in [0, 0.05) is 6.61 Å². The van der Waals surface area contributed by atoms with Crippen molar-refractivity contribution < 1.29 is 21.9 Å². The number of aromatic nitrogens is 2. The fraction of sp³-hybridized carbons (Fsp3) is 0.316. The molecule has 24 heavy (non-hydrogen) atoms. The highest BCUT2D eigenvalue weighted by atomic mass is 35.5. The molecule has 1 unspecified atom stereocenters. The summed E-state index contributed by atoms with van der Waals surface area (Å²) in [7, 11) is 0. The van der Waals surface area contributed by atoms with Crippen LogP contribution < -0.4 is 17.1 Å². The molecule has 0 radical (unpaired) electrons. The Hall–Kier alpha value is -2.04. The Labute approximate surface area is 147 Å². The number of nitrogens with zero attached hydrogens (tertiary/aromatic N) is 2. The Bertz CT molecular complexity index is 782. The van der Waals surface area contributed by atoms with Crippen LogP contribution in [-0.4, -0.2) is 22.8 Å². The molecule has 1 fully saturated rings. The van der Waals surface area contributed by atoms with E-state index in [0.29, 0.717) is 6.61 Å². The Morgan fingerprint density at radius 1 is 1.08 bits per heavy atom. The van der Waals surface area contributed by atoms with Gasteiger partial charge in [-0.3, -0.25) is 0 Å². The van der Waals surface area contributed by atoms with E-state index in [4.69, 9.17) is 14.5 Å². The molecule has 1 aliphatic rings. The molecular formula is C19H20ClN2O2-. The average Bonchev–Trinajstić information content (AvgIpc) is 3.24. The van der Waals surface area contributed by atoms with Crippen molar-refractivity contribution in [2.75, 3.05) is 13.2 Å². The lowest BCUT2D eigenvalue weighted by Gasteiger charge is -2.14. The largest absolute Gasteiger partial charge is 1.00 e. The summed E-state index contributed by atoms with van der Waals surface area (Å²) in [5.41, 5.74) is 2.17. The molecule has 4 nitrogen and oxygen atoms in total. The zero-order valence-corrected chi connectivity index (χ0v) is 14.2. The third kappa shape index (κ3) is 3.40. The van der Waals surface area contributed by atoms with E-state index in [-0.39, 0.29) is 18.5 Å². The maximum atomic E-state index is 5.86. The summed E-state index contributed by atoms with van der Waals surface area (Å²) in [6, 6.07) is 18.2. The van der Waals surface area contributed by atoms with Crippen LogP contribution in [0.3, 0.4) is 0 Å². The van der Waals surface area contributed by atoms with E-state index in [9.17, 15) is 0 Å². The van der Waals surface area contributed by atoms with Crippen molar-refractivity contribution in [2.45, 2.75) is 25.5 Å². The molecule has 0 amide bonds.